The predicted octanol–water partition coefficient (Wildman–Crippen LogP) is 3.19. The lowest BCUT2D eigenvalue weighted by molar-refractivity contribution is 0.141. The van der Waals surface area contributed by atoms with Crippen LogP contribution in [0.4, 0.5) is 11.5 Å². The Morgan fingerprint density at radius 2 is 1.81 bits per heavy atom. The molecule has 2 N–H and O–H groups in total. The molecule has 1 aromatic heterocycles. The minimum Gasteiger partial charge on any atom is -0.397 e. The Kier molecular flexibility index (Phi) is 4.69. The van der Waals surface area contributed by atoms with E-state index in [4.69, 9.17) is 5.73 Å². The van der Waals surface area contributed by atoms with Crippen LogP contribution in [0.25, 0.3) is 0 Å². The lowest BCUT2D eigenvalue weighted by atomic mass is 10.00. The molecule has 3 rings (SSSR count). The number of anilines is 2. The van der Waals surface area contributed by atoms with Gasteiger partial charge in [-0.05, 0) is 67.2 Å². The molecule has 2 aliphatic heterocycles. The molecule has 1 aromatic rings. The van der Waals surface area contributed by atoms with E-state index in [-0.39, 0.29) is 0 Å². The second-order valence-electron chi connectivity index (χ2n) is 6.29. The smallest absolute Gasteiger partial charge is 0.143 e. The molecule has 4 nitrogen and oxygen atoms in total. The Bertz CT molecular complexity index is 491. The fourth-order valence-electron chi connectivity index (χ4n) is 3.53. The number of nitrogens with two attached hydrogens (primary N) is 1. The summed E-state index contributed by atoms with van der Waals surface area (Å²) < 4.78 is 1.05. The zero-order valence-electron chi connectivity index (χ0n) is 12.8. The van der Waals surface area contributed by atoms with Gasteiger partial charge >= 0.3 is 0 Å². The van der Waals surface area contributed by atoms with Crippen LogP contribution in [0.5, 0.6) is 0 Å². The second kappa shape index (κ2) is 6.53. The van der Waals surface area contributed by atoms with Crippen molar-refractivity contribution >= 4 is 27.4 Å². The quantitative estimate of drug-likeness (QED) is 0.887. The summed E-state index contributed by atoms with van der Waals surface area (Å²) in [4.78, 5) is 9.65. The van der Waals surface area contributed by atoms with Gasteiger partial charge in [-0.2, -0.15) is 0 Å². The van der Waals surface area contributed by atoms with Crippen molar-refractivity contribution in [2.45, 2.75) is 45.1 Å². The topological polar surface area (TPSA) is 45.4 Å². The van der Waals surface area contributed by atoms with Crippen LogP contribution < -0.4 is 10.6 Å². The van der Waals surface area contributed by atoms with E-state index in [2.05, 4.69) is 30.7 Å². The highest BCUT2D eigenvalue weighted by atomic mass is 79.9. The van der Waals surface area contributed by atoms with Crippen molar-refractivity contribution in [2.24, 2.45) is 0 Å². The molecule has 0 aliphatic carbocycles. The zero-order valence-corrected chi connectivity index (χ0v) is 14.4. The highest BCUT2D eigenvalue weighted by molar-refractivity contribution is 9.10. The van der Waals surface area contributed by atoms with E-state index in [1.807, 2.05) is 6.92 Å². The van der Waals surface area contributed by atoms with E-state index in [0.29, 0.717) is 0 Å². The van der Waals surface area contributed by atoms with Gasteiger partial charge in [-0.15, -0.1) is 0 Å². The Hall–Kier alpha value is -0.810. The van der Waals surface area contributed by atoms with E-state index < -0.39 is 0 Å². The van der Waals surface area contributed by atoms with Crippen molar-refractivity contribution in [1.82, 2.24) is 9.88 Å². The van der Waals surface area contributed by atoms with E-state index in [1.165, 1.54) is 45.2 Å². The maximum Gasteiger partial charge on any atom is 0.143 e. The number of nitrogen functional groups attached to an aromatic ring is 1. The largest absolute Gasteiger partial charge is 0.397 e. The summed E-state index contributed by atoms with van der Waals surface area (Å²) in [6, 6.07) is 0.773. The van der Waals surface area contributed by atoms with Crippen molar-refractivity contribution < 1.29 is 0 Å². The van der Waals surface area contributed by atoms with Gasteiger partial charge in [-0.25, -0.2) is 4.98 Å². The van der Waals surface area contributed by atoms with E-state index in [9.17, 15) is 0 Å². The van der Waals surface area contributed by atoms with E-state index >= 15 is 0 Å². The first-order valence-electron chi connectivity index (χ1n) is 8.06. The molecule has 0 spiro atoms. The Morgan fingerprint density at radius 1 is 1.14 bits per heavy atom. The van der Waals surface area contributed by atoms with Crippen molar-refractivity contribution in [2.75, 3.05) is 36.8 Å². The zero-order chi connectivity index (χ0) is 14.8. The number of nitrogens with zero attached hydrogens (tertiary/aromatic N) is 3. The molecule has 2 aliphatic rings. The summed E-state index contributed by atoms with van der Waals surface area (Å²) in [5, 5.41) is 0. The number of halogens is 1. The van der Waals surface area contributed by atoms with Crippen LogP contribution in [0, 0.1) is 6.92 Å². The number of hydrogen-bond acceptors (Lipinski definition) is 4. The Morgan fingerprint density at radius 3 is 2.48 bits per heavy atom. The third-order valence-electron chi connectivity index (χ3n) is 4.96. The lowest BCUT2D eigenvalue weighted by Crippen LogP contribution is -2.47. The average Bonchev–Trinajstić information content (AvgIpc) is 2.54. The second-order valence-corrected chi connectivity index (χ2v) is 7.08. The van der Waals surface area contributed by atoms with Crippen LogP contribution >= 0.6 is 15.9 Å². The maximum absolute atomic E-state index is 5.92. The molecule has 0 aromatic carbocycles. The first-order valence-corrected chi connectivity index (χ1v) is 8.85. The van der Waals surface area contributed by atoms with Gasteiger partial charge in [-0.3, -0.25) is 0 Å². The SMILES string of the molecule is Cc1c(N)cnc(N2CCC(N3CCCCC3)CC2)c1Br. The molecular formula is C16H25BrN4. The van der Waals surface area contributed by atoms with Crippen LogP contribution in [0.15, 0.2) is 10.7 Å². The lowest BCUT2D eigenvalue weighted by Gasteiger charge is -2.40. The number of pyridine rings is 1. The summed E-state index contributed by atoms with van der Waals surface area (Å²) in [5.74, 6) is 1.05. The minimum absolute atomic E-state index is 0.758. The van der Waals surface area contributed by atoms with Gasteiger partial charge in [0.1, 0.15) is 5.82 Å². The maximum atomic E-state index is 5.92. The molecule has 0 amide bonds. The van der Waals surface area contributed by atoms with Gasteiger partial charge in [0.15, 0.2) is 0 Å². The molecule has 3 heterocycles. The van der Waals surface area contributed by atoms with E-state index in [0.717, 1.165) is 40.7 Å². The summed E-state index contributed by atoms with van der Waals surface area (Å²) in [5.41, 5.74) is 7.77. The van der Waals surface area contributed by atoms with Crippen LogP contribution in [0.3, 0.4) is 0 Å². The first kappa shape index (κ1) is 15.1. The number of rotatable bonds is 2. The van der Waals surface area contributed by atoms with E-state index in [1.54, 1.807) is 6.20 Å². The van der Waals surface area contributed by atoms with Crippen LogP contribution in [0.2, 0.25) is 0 Å². The van der Waals surface area contributed by atoms with Gasteiger partial charge in [0.2, 0.25) is 0 Å². The molecule has 0 atom stereocenters. The van der Waals surface area contributed by atoms with Gasteiger partial charge < -0.3 is 15.5 Å². The molecule has 2 saturated heterocycles. The molecule has 5 heteroatoms. The molecular weight excluding hydrogens is 328 g/mol. The van der Waals surface area contributed by atoms with Crippen LogP contribution in [-0.2, 0) is 0 Å². The number of likely N-dealkylation sites (tertiary alicyclic amines) is 1. The fraction of sp³-hybridized carbons (Fsp3) is 0.688. The normalized spacial score (nSPS) is 21.7. The van der Waals surface area contributed by atoms with Crippen LogP contribution in [0.1, 0.15) is 37.7 Å². The first-order chi connectivity index (χ1) is 10.2. The molecule has 0 bridgehead atoms. The van der Waals surface area contributed by atoms with Crippen molar-refractivity contribution in [3.63, 3.8) is 0 Å². The molecule has 21 heavy (non-hydrogen) atoms. The van der Waals surface area contributed by atoms with Crippen LogP contribution in [-0.4, -0.2) is 42.1 Å². The predicted molar refractivity (Wildman–Crippen MR) is 91.7 cm³/mol. The minimum atomic E-state index is 0.758. The van der Waals surface area contributed by atoms with Gasteiger partial charge in [-0.1, -0.05) is 6.42 Å². The molecule has 116 valence electrons. The number of aromatic nitrogens is 1. The summed E-state index contributed by atoms with van der Waals surface area (Å²) in [7, 11) is 0. The summed E-state index contributed by atoms with van der Waals surface area (Å²) >= 11 is 3.66. The Balaban J connectivity index is 1.64. The third-order valence-corrected chi connectivity index (χ3v) is 5.90. The summed E-state index contributed by atoms with van der Waals surface area (Å²) in [6.07, 6.45) is 8.45. The number of hydrogen-bond donors (Lipinski definition) is 1. The van der Waals surface area contributed by atoms with Gasteiger partial charge in [0.05, 0.1) is 16.4 Å². The standard InChI is InChI=1S/C16H25BrN4/c1-12-14(18)11-19-16(15(12)17)21-9-5-13(6-10-21)20-7-3-2-4-8-20/h11,13H,2-10,18H2,1H3. The summed E-state index contributed by atoms with van der Waals surface area (Å²) in [6.45, 7) is 6.83. The molecule has 0 radical (unpaired) electrons. The molecule has 0 unspecified atom stereocenters. The highest BCUT2D eigenvalue weighted by Gasteiger charge is 2.27. The molecule has 0 saturated carbocycles. The van der Waals surface area contributed by atoms with Crippen molar-refractivity contribution in [3.05, 3.63) is 16.2 Å². The highest BCUT2D eigenvalue weighted by Crippen LogP contribution is 2.32. The third kappa shape index (κ3) is 3.19. The van der Waals surface area contributed by atoms with Crippen molar-refractivity contribution in [3.8, 4) is 0 Å². The van der Waals surface area contributed by atoms with Crippen molar-refractivity contribution in [1.29, 1.82) is 0 Å². The monoisotopic (exact) mass is 352 g/mol. The van der Waals surface area contributed by atoms with Gasteiger partial charge in [0.25, 0.3) is 0 Å². The molecule has 2 fully saturated rings. The van der Waals surface area contributed by atoms with Gasteiger partial charge in [0, 0.05) is 19.1 Å². The Labute approximate surface area is 135 Å². The fourth-order valence-corrected chi connectivity index (χ4v) is 4.11. The average molecular weight is 353 g/mol. The number of piperidine rings is 2.